The summed E-state index contributed by atoms with van der Waals surface area (Å²) in [6, 6.07) is -0.711. The summed E-state index contributed by atoms with van der Waals surface area (Å²) < 4.78 is 77.9. The molecule has 1 unspecified atom stereocenters. The fourth-order valence-electron chi connectivity index (χ4n) is 2.06. The summed E-state index contributed by atoms with van der Waals surface area (Å²) >= 11 is 0.508. The van der Waals surface area contributed by atoms with Crippen LogP contribution in [0.25, 0.3) is 0 Å². The van der Waals surface area contributed by atoms with Crippen molar-refractivity contribution in [2.45, 2.75) is 17.6 Å². The zero-order chi connectivity index (χ0) is 17.5. The van der Waals surface area contributed by atoms with Crippen LogP contribution in [-0.2, 0) is 9.59 Å². The maximum absolute atomic E-state index is 13.8. The maximum atomic E-state index is 13.8. The molecule has 0 aromatic heterocycles. The topological polar surface area (TPSA) is 57.6 Å². The number of aliphatic carboxylic acids is 1. The van der Waals surface area contributed by atoms with Gasteiger partial charge in [-0.05, 0) is 6.07 Å². The van der Waals surface area contributed by atoms with Crippen molar-refractivity contribution in [2.75, 3.05) is 5.75 Å². The van der Waals surface area contributed by atoms with Gasteiger partial charge in [-0.15, -0.1) is 11.8 Å². The Bertz CT molecular complexity index is 665. The average Bonchev–Trinajstić information content (AvgIpc) is 2.87. The fraction of sp³-hybridized carbons (Fsp3) is 0.333. The molecule has 1 aliphatic rings. The molecular formula is C12H7F6NO3S. The Morgan fingerprint density at radius 2 is 1.78 bits per heavy atom. The third-order valence-corrected chi connectivity index (χ3v) is 4.40. The second kappa shape index (κ2) is 5.95. The van der Waals surface area contributed by atoms with Crippen LogP contribution in [0.1, 0.15) is 10.9 Å². The lowest BCUT2D eigenvalue weighted by Crippen LogP contribution is -2.48. The summed E-state index contributed by atoms with van der Waals surface area (Å²) in [6.45, 7) is 0. The zero-order valence-corrected chi connectivity index (χ0v) is 11.7. The Labute approximate surface area is 129 Å². The molecule has 0 bridgehead atoms. The highest BCUT2D eigenvalue weighted by Crippen LogP contribution is 2.44. The first-order chi connectivity index (χ1) is 10.6. The minimum atomic E-state index is -5.40. The number of benzene rings is 1. The molecule has 23 heavy (non-hydrogen) atoms. The number of alkyl halides is 3. The Kier molecular flexibility index (Phi) is 4.51. The highest BCUT2D eigenvalue weighted by molar-refractivity contribution is 7.99. The Balaban J connectivity index is 2.51. The number of halogens is 6. The monoisotopic (exact) mass is 359 g/mol. The SMILES string of the molecule is O=C(O)[C@H]1CSC(c2ccc(F)c(F)c2F)N1C(=O)C(F)(F)F. The summed E-state index contributed by atoms with van der Waals surface area (Å²) in [5, 5.41) is 7.19. The smallest absolute Gasteiger partial charge is 0.471 e. The molecular weight excluding hydrogens is 352 g/mol. The van der Waals surface area contributed by atoms with Gasteiger partial charge in [0, 0.05) is 11.3 Å². The number of thioether (sulfide) groups is 1. The minimum absolute atomic E-state index is 0.0806. The number of carboxylic acid groups (broad SMARTS) is 1. The van der Waals surface area contributed by atoms with Gasteiger partial charge in [0.1, 0.15) is 11.4 Å². The van der Waals surface area contributed by atoms with Gasteiger partial charge in [-0.25, -0.2) is 18.0 Å². The number of hydrogen-bond donors (Lipinski definition) is 1. The predicted molar refractivity (Wildman–Crippen MR) is 65.8 cm³/mol. The Hall–Kier alpha value is -1.91. The highest BCUT2D eigenvalue weighted by atomic mass is 32.2. The van der Waals surface area contributed by atoms with Gasteiger partial charge in [0.2, 0.25) is 0 Å². The quantitative estimate of drug-likeness (QED) is 0.652. The van der Waals surface area contributed by atoms with Crippen molar-refractivity contribution in [1.29, 1.82) is 0 Å². The van der Waals surface area contributed by atoms with Gasteiger partial charge in [0.25, 0.3) is 0 Å². The van der Waals surface area contributed by atoms with Crippen molar-refractivity contribution in [3.63, 3.8) is 0 Å². The van der Waals surface area contributed by atoms with E-state index in [0.717, 1.165) is 0 Å². The van der Waals surface area contributed by atoms with Crippen LogP contribution in [0.3, 0.4) is 0 Å². The van der Waals surface area contributed by atoms with Crippen molar-refractivity contribution >= 4 is 23.6 Å². The second-order valence-corrected chi connectivity index (χ2v) is 5.63. The zero-order valence-electron chi connectivity index (χ0n) is 10.9. The van der Waals surface area contributed by atoms with E-state index < -0.39 is 58.2 Å². The molecule has 1 heterocycles. The Morgan fingerprint density at radius 1 is 1.17 bits per heavy atom. The predicted octanol–water partition coefficient (Wildman–Crippen LogP) is 2.69. The summed E-state index contributed by atoms with van der Waals surface area (Å²) in [6.07, 6.45) is -5.40. The van der Waals surface area contributed by atoms with Crippen LogP contribution < -0.4 is 0 Å². The first-order valence-electron chi connectivity index (χ1n) is 5.93. The molecule has 1 aliphatic heterocycles. The summed E-state index contributed by atoms with van der Waals surface area (Å²) in [7, 11) is 0. The van der Waals surface area contributed by atoms with Crippen LogP contribution >= 0.6 is 11.8 Å². The van der Waals surface area contributed by atoms with Crippen molar-refractivity contribution < 1.29 is 41.0 Å². The maximum Gasteiger partial charge on any atom is 0.471 e. The molecule has 4 nitrogen and oxygen atoms in total. The van der Waals surface area contributed by atoms with Crippen LogP contribution in [0, 0.1) is 17.5 Å². The number of hydrogen-bond acceptors (Lipinski definition) is 3. The van der Waals surface area contributed by atoms with Crippen molar-refractivity contribution in [3.8, 4) is 0 Å². The average molecular weight is 359 g/mol. The molecule has 0 saturated carbocycles. The van der Waals surface area contributed by atoms with Gasteiger partial charge >= 0.3 is 18.1 Å². The second-order valence-electron chi connectivity index (χ2n) is 4.51. The van der Waals surface area contributed by atoms with Crippen LogP contribution in [0.2, 0.25) is 0 Å². The van der Waals surface area contributed by atoms with Crippen LogP contribution in [0.5, 0.6) is 0 Å². The number of carbonyl (C=O) groups is 2. The van der Waals surface area contributed by atoms with Gasteiger partial charge < -0.3 is 10.0 Å². The molecule has 1 fully saturated rings. The van der Waals surface area contributed by atoms with E-state index in [-0.39, 0.29) is 4.90 Å². The van der Waals surface area contributed by atoms with E-state index in [1.54, 1.807) is 0 Å². The van der Waals surface area contributed by atoms with Crippen molar-refractivity contribution in [1.82, 2.24) is 4.90 Å². The molecule has 126 valence electrons. The molecule has 1 aromatic carbocycles. The normalized spacial score (nSPS) is 21.6. The van der Waals surface area contributed by atoms with Crippen LogP contribution in [-0.4, -0.2) is 39.9 Å². The molecule has 1 N–H and O–H groups in total. The molecule has 0 radical (unpaired) electrons. The van der Waals surface area contributed by atoms with Crippen LogP contribution in [0.15, 0.2) is 12.1 Å². The summed E-state index contributed by atoms with van der Waals surface area (Å²) in [4.78, 5) is 22.4. The molecule has 1 aromatic rings. The molecule has 11 heteroatoms. The summed E-state index contributed by atoms with van der Waals surface area (Å²) in [5.74, 6) is -9.92. The van der Waals surface area contributed by atoms with E-state index in [0.29, 0.717) is 23.9 Å². The van der Waals surface area contributed by atoms with E-state index in [1.807, 2.05) is 0 Å². The van der Waals surface area contributed by atoms with E-state index >= 15 is 0 Å². The number of amides is 1. The molecule has 1 saturated heterocycles. The summed E-state index contributed by atoms with van der Waals surface area (Å²) in [5.41, 5.74) is -0.741. The minimum Gasteiger partial charge on any atom is -0.480 e. The molecule has 0 aliphatic carbocycles. The standard InChI is InChI=1S/C12H7F6NO3S/c13-5-2-1-4(7(14)8(5)15)9-19(11(22)12(16,17)18)6(3-23-9)10(20)21/h1-2,6,9H,3H2,(H,20,21)/t6-,9?/m1/s1. The first kappa shape index (κ1) is 17.4. The van der Waals surface area contributed by atoms with Gasteiger partial charge in [0.05, 0.1) is 0 Å². The van der Waals surface area contributed by atoms with Crippen molar-refractivity contribution in [2.24, 2.45) is 0 Å². The third-order valence-electron chi connectivity index (χ3n) is 3.09. The lowest BCUT2D eigenvalue weighted by molar-refractivity contribution is -0.189. The van der Waals surface area contributed by atoms with Crippen LogP contribution in [0.4, 0.5) is 26.3 Å². The molecule has 2 rings (SSSR count). The number of carbonyl (C=O) groups excluding carboxylic acids is 1. The fourth-order valence-corrected chi connectivity index (χ4v) is 3.49. The largest absolute Gasteiger partial charge is 0.480 e. The first-order valence-corrected chi connectivity index (χ1v) is 6.98. The molecule has 0 spiro atoms. The lowest BCUT2D eigenvalue weighted by Gasteiger charge is -2.28. The Morgan fingerprint density at radius 3 is 2.30 bits per heavy atom. The van der Waals surface area contributed by atoms with E-state index in [9.17, 15) is 35.9 Å². The van der Waals surface area contributed by atoms with Gasteiger partial charge in [-0.1, -0.05) is 6.07 Å². The van der Waals surface area contributed by atoms with Crippen molar-refractivity contribution in [3.05, 3.63) is 35.1 Å². The highest BCUT2D eigenvalue weighted by Gasteiger charge is 2.52. The van der Waals surface area contributed by atoms with E-state index in [1.165, 1.54) is 0 Å². The lowest BCUT2D eigenvalue weighted by atomic mass is 10.1. The third kappa shape index (κ3) is 3.09. The van der Waals surface area contributed by atoms with Gasteiger partial charge in [0.15, 0.2) is 17.5 Å². The van der Waals surface area contributed by atoms with E-state index in [2.05, 4.69) is 0 Å². The van der Waals surface area contributed by atoms with Gasteiger partial charge in [-0.2, -0.15) is 13.2 Å². The number of rotatable bonds is 2. The molecule has 1 amide bonds. The number of nitrogens with zero attached hydrogens (tertiary/aromatic N) is 1. The van der Waals surface area contributed by atoms with Gasteiger partial charge in [-0.3, -0.25) is 4.79 Å². The number of carboxylic acids is 1. The molecule has 2 atom stereocenters. The van der Waals surface area contributed by atoms with E-state index in [4.69, 9.17) is 5.11 Å².